The number of benzene rings is 8. The molecule has 4 heterocycles. The number of para-hydroxylation sites is 4. The first kappa shape index (κ1) is 24.0. The number of aromatic nitrogens is 2. The van der Waals surface area contributed by atoms with E-state index in [2.05, 4.69) is 155 Å². The van der Waals surface area contributed by atoms with Crippen molar-refractivity contribution >= 4 is 103 Å². The monoisotopic (exact) mass is 596 g/mol. The summed E-state index contributed by atoms with van der Waals surface area (Å²) < 4.78 is 11.7. The standard InChI is InChI=1S/C44H24N2O/c1-2-12-28-26(10-1)29-21-23-38-41(42(29)44-40(28)33-14-5-8-19-39(33)47-44)32-13-4-7-18-36(32)45(38)25-20-22-37-34(24-25)31-16-9-15-30-27-11-3-6-17-35(27)46(37)43(30)31/h1-24H. The Hall–Kier alpha value is -6.32. The highest BCUT2D eigenvalue weighted by atomic mass is 16.3. The number of rotatable bonds is 1. The molecule has 12 aromatic rings. The van der Waals surface area contributed by atoms with E-state index >= 15 is 0 Å². The molecule has 0 N–H and O–H groups in total. The van der Waals surface area contributed by atoms with Crippen LogP contribution >= 0.6 is 0 Å². The minimum Gasteiger partial charge on any atom is -0.455 e. The van der Waals surface area contributed by atoms with Crippen molar-refractivity contribution in [3.8, 4) is 5.69 Å². The maximum Gasteiger partial charge on any atom is 0.144 e. The van der Waals surface area contributed by atoms with E-state index in [-0.39, 0.29) is 0 Å². The van der Waals surface area contributed by atoms with E-state index in [1.54, 1.807) is 0 Å². The van der Waals surface area contributed by atoms with Crippen LogP contribution in [0, 0.1) is 0 Å². The van der Waals surface area contributed by atoms with Gasteiger partial charge in [0.25, 0.3) is 0 Å². The second kappa shape index (κ2) is 8.28. The number of nitrogens with zero attached hydrogens (tertiary/aromatic N) is 2. The minimum atomic E-state index is 0.921. The number of hydrogen-bond donors (Lipinski definition) is 0. The molecule has 0 aliphatic rings. The maximum atomic E-state index is 6.79. The molecule has 47 heavy (non-hydrogen) atoms. The van der Waals surface area contributed by atoms with E-state index in [0.717, 1.165) is 22.2 Å². The first-order valence-corrected chi connectivity index (χ1v) is 16.2. The van der Waals surface area contributed by atoms with Crippen molar-refractivity contribution in [1.29, 1.82) is 0 Å². The van der Waals surface area contributed by atoms with Crippen LogP contribution in [-0.4, -0.2) is 8.97 Å². The largest absolute Gasteiger partial charge is 0.455 e. The first-order valence-electron chi connectivity index (χ1n) is 16.2. The Kier molecular flexibility index (Phi) is 4.22. The molecule has 0 bridgehead atoms. The molecule has 0 atom stereocenters. The van der Waals surface area contributed by atoms with Crippen molar-refractivity contribution in [3.05, 3.63) is 146 Å². The fourth-order valence-corrected chi connectivity index (χ4v) is 8.78. The summed E-state index contributed by atoms with van der Waals surface area (Å²) in [5.74, 6) is 0. The highest BCUT2D eigenvalue weighted by Gasteiger charge is 2.23. The SMILES string of the molecule is c1ccc2c(c1)oc1c2c2ccccc2c2ccc3c(c4ccccc4n3-c3ccc4c(c3)c3cccc5c6ccccc6n4c53)c21. The third-order valence-corrected chi connectivity index (χ3v) is 10.6. The molecule has 8 aromatic carbocycles. The van der Waals surface area contributed by atoms with Crippen molar-refractivity contribution in [3.63, 3.8) is 0 Å². The van der Waals surface area contributed by atoms with Crippen LogP contribution in [0.5, 0.6) is 0 Å². The van der Waals surface area contributed by atoms with Gasteiger partial charge in [-0.25, -0.2) is 0 Å². The fraction of sp³-hybridized carbons (Fsp3) is 0. The van der Waals surface area contributed by atoms with E-state index in [9.17, 15) is 0 Å². The van der Waals surface area contributed by atoms with Crippen LogP contribution in [0.2, 0.25) is 0 Å². The summed E-state index contributed by atoms with van der Waals surface area (Å²) in [6, 6.07) is 53.1. The summed E-state index contributed by atoms with van der Waals surface area (Å²) >= 11 is 0. The lowest BCUT2D eigenvalue weighted by atomic mass is 9.94. The third kappa shape index (κ3) is 2.81. The Bertz CT molecular complexity index is 3300. The Morgan fingerprint density at radius 1 is 0.362 bits per heavy atom. The smallest absolute Gasteiger partial charge is 0.144 e. The second-order valence-corrected chi connectivity index (χ2v) is 12.8. The predicted octanol–water partition coefficient (Wildman–Crippen LogP) is 12.1. The molecule has 0 aliphatic heterocycles. The average molecular weight is 597 g/mol. The molecule has 0 saturated heterocycles. The molecular formula is C44H24N2O. The molecule has 4 aromatic heterocycles. The van der Waals surface area contributed by atoms with Crippen LogP contribution in [0.3, 0.4) is 0 Å². The van der Waals surface area contributed by atoms with Gasteiger partial charge in [-0.2, -0.15) is 0 Å². The summed E-state index contributed by atoms with van der Waals surface area (Å²) in [6.07, 6.45) is 0. The summed E-state index contributed by atoms with van der Waals surface area (Å²) in [5.41, 5.74) is 9.20. The lowest BCUT2D eigenvalue weighted by Crippen LogP contribution is -1.94. The molecule has 0 saturated carbocycles. The fourth-order valence-electron chi connectivity index (χ4n) is 8.78. The van der Waals surface area contributed by atoms with E-state index < -0.39 is 0 Å². The topological polar surface area (TPSA) is 22.5 Å². The molecule has 0 unspecified atom stereocenters. The van der Waals surface area contributed by atoms with Gasteiger partial charge in [0.15, 0.2) is 0 Å². The van der Waals surface area contributed by atoms with E-state index in [4.69, 9.17) is 4.42 Å². The van der Waals surface area contributed by atoms with Gasteiger partial charge in [-0.1, -0.05) is 103 Å². The minimum absolute atomic E-state index is 0.921. The van der Waals surface area contributed by atoms with Crippen molar-refractivity contribution in [2.45, 2.75) is 0 Å². The lowest BCUT2D eigenvalue weighted by Gasteiger charge is -2.11. The van der Waals surface area contributed by atoms with Crippen molar-refractivity contribution < 1.29 is 4.42 Å². The van der Waals surface area contributed by atoms with Gasteiger partial charge in [-0.05, 0) is 58.6 Å². The summed E-state index contributed by atoms with van der Waals surface area (Å²) in [7, 11) is 0. The van der Waals surface area contributed by atoms with Crippen molar-refractivity contribution in [2.75, 3.05) is 0 Å². The lowest BCUT2D eigenvalue weighted by molar-refractivity contribution is 0.673. The van der Waals surface area contributed by atoms with Crippen LogP contribution in [0.4, 0.5) is 0 Å². The van der Waals surface area contributed by atoms with Crippen LogP contribution in [-0.2, 0) is 0 Å². The molecule has 0 fully saturated rings. The van der Waals surface area contributed by atoms with Gasteiger partial charge in [0.2, 0.25) is 0 Å². The number of fused-ring (bicyclic) bond motifs is 18. The normalized spacial score (nSPS) is 12.7. The van der Waals surface area contributed by atoms with Crippen LogP contribution in [0.15, 0.2) is 150 Å². The zero-order valence-corrected chi connectivity index (χ0v) is 25.2. The number of hydrogen-bond acceptors (Lipinski definition) is 1. The van der Waals surface area contributed by atoms with Gasteiger partial charge >= 0.3 is 0 Å². The van der Waals surface area contributed by atoms with Crippen molar-refractivity contribution in [2.24, 2.45) is 0 Å². The number of furan rings is 1. The zero-order chi connectivity index (χ0) is 30.4. The average Bonchev–Trinajstić information content (AvgIpc) is 3.87. The Morgan fingerprint density at radius 2 is 0.979 bits per heavy atom. The molecule has 216 valence electrons. The highest BCUT2D eigenvalue weighted by molar-refractivity contribution is 6.37. The Balaban J connectivity index is 1.26. The van der Waals surface area contributed by atoms with E-state index in [0.29, 0.717) is 0 Å². The molecule has 3 nitrogen and oxygen atoms in total. The molecule has 0 amide bonds. The quantitative estimate of drug-likeness (QED) is 0.173. The molecule has 12 rings (SSSR count). The molecule has 0 aliphatic carbocycles. The Morgan fingerprint density at radius 3 is 1.85 bits per heavy atom. The van der Waals surface area contributed by atoms with E-state index in [1.807, 2.05) is 0 Å². The van der Waals surface area contributed by atoms with Gasteiger partial charge in [0, 0.05) is 54.2 Å². The van der Waals surface area contributed by atoms with Crippen molar-refractivity contribution in [1.82, 2.24) is 8.97 Å². The van der Waals surface area contributed by atoms with Gasteiger partial charge < -0.3 is 13.4 Å². The molecule has 0 radical (unpaired) electrons. The highest BCUT2D eigenvalue weighted by Crippen LogP contribution is 2.47. The van der Waals surface area contributed by atoms with Gasteiger partial charge in [-0.3, -0.25) is 0 Å². The van der Waals surface area contributed by atoms with Crippen LogP contribution in [0.25, 0.3) is 109 Å². The van der Waals surface area contributed by atoms with E-state index in [1.165, 1.54) is 86.8 Å². The first-order chi connectivity index (χ1) is 23.3. The van der Waals surface area contributed by atoms with Gasteiger partial charge in [0.05, 0.1) is 27.6 Å². The third-order valence-electron chi connectivity index (χ3n) is 10.6. The Labute approximate surface area is 267 Å². The van der Waals surface area contributed by atoms with Gasteiger partial charge in [-0.15, -0.1) is 0 Å². The molecule has 0 spiro atoms. The summed E-state index contributed by atoms with van der Waals surface area (Å²) in [4.78, 5) is 0. The predicted molar refractivity (Wildman–Crippen MR) is 198 cm³/mol. The summed E-state index contributed by atoms with van der Waals surface area (Å²) in [6.45, 7) is 0. The van der Waals surface area contributed by atoms with Crippen LogP contribution in [0.1, 0.15) is 0 Å². The van der Waals surface area contributed by atoms with Crippen LogP contribution < -0.4 is 0 Å². The maximum absolute atomic E-state index is 6.79. The molecular weight excluding hydrogens is 572 g/mol. The second-order valence-electron chi connectivity index (χ2n) is 12.8. The zero-order valence-electron chi connectivity index (χ0n) is 25.2. The van der Waals surface area contributed by atoms with Gasteiger partial charge in [0.1, 0.15) is 11.2 Å². The molecule has 3 heteroatoms. The summed E-state index contributed by atoms with van der Waals surface area (Å²) in [5, 5.41) is 14.8.